The van der Waals surface area contributed by atoms with Crippen LogP contribution in [0.2, 0.25) is 0 Å². The summed E-state index contributed by atoms with van der Waals surface area (Å²) in [6.45, 7) is 2.77. The van der Waals surface area contributed by atoms with E-state index in [1.807, 2.05) is 43.3 Å². The molecule has 1 unspecified atom stereocenters. The zero-order valence-electron chi connectivity index (χ0n) is 15.7. The fourth-order valence-electron chi connectivity index (χ4n) is 3.43. The van der Waals surface area contributed by atoms with Gasteiger partial charge in [-0.2, -0.15) is 0 Å². The van der Waals surface area contributed by atoms with Gasteiger partial charge in [0, 0.05) is 19.8 Å². The number of benzene rings is 2. The molecule has 3 rings (SSSR count). The van der Waals surface area contributed by atoms with Crippen molar-refractivity contribution in [1.29, 1.82) is 0 Å². The summed E-state index contributed by atoms with van der Waals surface area (Å²) >= 11 is 0. The number of aliphatic carboxylic acids is 1. The van der Waals surface area contributed by atoms with Crippen LogP contribution in [0.3, 0.4) is 0 Å². The molecule has 6 heteroatoms. The highest BCUT2D eigenvalue weighted by atomic mass is 16.5. The highest BCUT2D eigenvalue weighted by Crippen LogP contribution is 2.31. The van der Waals surface area contributed by atoms with Gasteiger partial charge in [0.15, 0.2) is 0 Å². The smallest absolute Gasteiger partial charge is 0.311 e. The lowest BCUT2D eigenvalue weighted by molar-refractivity contribution is -0.154. The van der Waals surface area contributed by atoms with E-state index >= 15 is 0 Å². The lowest BCUT2D eigenvalue weighted by atomic mass is 9.80. The Morgan fingerprint density at radius 3 is 2.52 bits per heavy atom. The Morgan fingerprint density at radius 2 is 1.85 bits per heavy atom. The number of carboxylic acids is 1. The second-order valence-corrected chi connectivity index (χ2v) is 7.11. The van der Waals surface area contributed by atoms with Crippen LogP contribution in [0, 0.1) is 5.41 Å². The third-order valence-electron chi connectivity index (χ3n) is 5.47. The molecule has 0 spiro atoms. The number of methoxy groups -OCH3 is 1. The lowest BCUT2D eigenvalue weighted by Crippen LogP contribution is -2.47. The van der Waals surface area contributed by atoms with E-state index < -0.39 is 11.4 Å². The van der Waals surface area contributed by atoms with Crippen molar-refractivity contribution in [2.45, 2.75) is 25.7 Å². The molecule has 1 saturated heterocycles. The fraction of sp³-hybridized carbons (Fsp3) is 0.429. The number of hydrogen-bond acceptors (Lipinski definition) is 4. The van der Waals surface area contributed by atoms with Gasteiger partial charge in [-0.05, 0) is 48.2 Å². The molecule has 2 N–H and O–H groups in total. The number of amides is 1. The molecule has 6 nitrogen and oxygen atoms in total. The Labute approximate surface area is 158 Å². The molecule has 0 aliphatic carbocycles. The highest BCUT2D eigenvalue weighted by Gasteiger charge is 2.40. The third-order valence-corrected chi connectivity index (χ3v) is 5.47. The summed E-state index contributed by atoms with van der Waals surface area (Å²) in [5.74, 6) is -0.632. The van der Waals surface area contributed by atoms with Crippen molar-refractivity contribution in [2.75, 3.05) is 26.9 Å². The van der Waals surface area contributed by atoms with E-state index in [1.165, 1.54) is 0 Å². The van der Waals surface area contributed by atoms with Crippen molar-refractivity contribution in [3.8, 4) is 5.75 Å². The number of nitrogens with one attached hydrogen (secondary N) is 1. The van der Waals surface area contributed by atoms with Crippen molar-refractivity contribution in [3.05, 3.63) is 42.0 Å². The van der Waals surface area contributed by atoms with Crippen LogP contribution in [0.25, 0.3) is 10.8 Å². The molecule has 1 aliphatic heterocycles. The SMILES string of the molecule is COc1ccc2cc(C(C)C(=O)NCC3(C(=O)O)CCOCC3)ccc2c1. The van der Waals surface area contributed by atoms with Crippen molar-refractivity contribution in [3.63, 3.8) is 0 Å². The molecule has 2 aromatic carbocycles. The van der Waals surface area contributed by atoms with E-state index in [0.29, 0.717) is 26.1 Å². The van der Waals surface area contributed by atoms with Gasteiger partial charge in [-0.25, -0.2) is 0 Å². The lowest BCUT2D eigenvalue weighted by Gasteiger charge is -2.33. The summed E-state index contributed by atoms with van der Waals surface area (Å²) in [4.78, 5) is 24.3. The predicted octanol–water partition coefficient (Wildman–Crippen LogP) is 2.95. The number of hydrogen-bond donors (Lipinski definition) is 2. The largest absolute Gasteiger partial charge is 0.497 e. The van der Waals surface area contributed by atoms with Gasteiger partial charge >= 0.3 is 5.97 Å². The zero-order valence-corrected chi connectivity index (χ0v) is 15.7. The zero-order chi connectivity index (χ0) is 19.4. The number of carbonyl (C=O) groups excluding carboxylic acids is 1. The normalized spacial score (nSPS) is 17.3. The molecule has 0 bridgehead atoms. The van der Waals surface area contributed by atoms with E-state index in [-0.39, 0.29) is 18.4 Å². The molecule has 2 aromatic rings. The maximum atomic E-state index is 12.6. The van der Waals surface area contributed by atoms with E-state index in [2.05, 4.69) is 5.32 Å². The minimum atomic E-state index is -0.937. The van der Waals surface area contributed by atoms with E-state index in [1.54, 1.807) is 7.11 Å². The molecule has 144 valence electrons. The van der Waals surface area contributed by atoms with Gasteiger partial charge in [-0.15, -0.1) is 0 Å². The molecule has 0 radical (unpaired) electrons. The van der Waals surface area contributed by atoms with Crippen LogP contribution in [0.5, 0.6) is 5.75 Å². The second kappa shape index (κ2) is 7.96. The first-order valence-electron chi connectivity index (χ1n) is 9.12. The maximum absolute atomic E-state index is 12.6. The van der Waals surface area contributed by atoms with Crippen LogP contribution in [0.15, 0.2) is 36.4 Å². The summed E-state index contributed by atoms with van der Waals surface area (Å²) in [7, 11) is 1.63. The molecule has 27 heavy (non-hydrogen) atoms. The fourth-order valence-corrected chi connectivity index (χ4v) is 3.43. The number of carbonyl (C=O) groups is 2. The molecular formula is C21H25NO5. The first-order chi connectivity index (χ1) is 12.9. The summed E-state index contributed by atoms with van der Waals surface area (Å²) in [5.41, 5.74) is -0.0466. The molecule has 1 amide bonds. The third kappa shape index (κ3) is 4.06. The Balaban J connectivity index is 1.71. The van der Waals surface area contributed by atoms with Gasteiger partial charge < -0.3 is 19.9 Å². The van der Waals surface area contributed by atoms with Crippen LogP contribution in [0.4, 0.5) is 0 Å². The summed E-state index contributed by atoms with van der Waals surface area (Å²) in [5, 5.41) is 14.5. The monoisotopic (exact) mass is 371 g/mol. The molecule has 0 aromatic heterocycles. The molecule has 1 aliphatic rings. The minimum Gasteiger partial charge on any atom is -0.497 e. The Kier molecular flexibility index (Phi) is 5.65. The average molecular weight is 371 g/mol. The van der Waals surface area contributed by atoms with E-state index in [9.17, 15) is 14.7 Å². The minimum absolute atomic E-state index is 0.125. The van der Waals surface area contributed by atoms with Crippen molar-refractivity contribution in [2.24, 2.45) is 5.41 Å². The number of carboxylic acid groups (broad SMARTS) is 1. The first-order valence-corrected chi connectivity index (χ1v) is 9.12. The summed E-state index contributed by atoms with van der Waals surface area (Å²) < 4.78 is 10.5. The van der Waals surface area contributed by atoms with Crippen LogP contribution in [0.1, 0.15) is 31.2 Å². The quantitative estimate of drug-likeness (QED) is 0.815. The summed E-state index contributed by atoms with van der Waals surface area (Å²) in [6, 6.07) is 11.7. The van der Waals surface area contributed by atoms with E-state index in [0.717, 1.165) is 22.1 Å². The Hall–Kier alpha value is -2.60. The Bertz CT molecular complexity index is 842. The standard InChI is InChI=1S/C21H25NO5/c1-14(15-3-4-17-12-18(26-2)6-5-16(17)11-15)19(23)22-13-21(20(24)25)7-9-27-10-8-21/h3-6,11-12,14H,7-10,13H2,1-2H3,(H,22,23)(H,24,25). The van der Waals surface area contributed by atoms with Gasteiger partial charge in [-0.1, -0.05) is 24.3 Å². The van der Waals surface area contributed by atoms with Crippen molar-refractivity contribution in [1.82, 2.24) is 5.32 Å². The average Bonchev–Trinajstić information content (AvgIpc) is 2.71. The summed E-state index contributed by atoms with van der Waals surface area (Å²) in [6.07, 6.45) is 0.823. The van der Waals surface area contributed by atoms with Crippen LogP contribution in [-0.4, -0.2) is 43.9 Å². The molecule has 0 saturated carbocycles. The first kappa shape index (κ1) is 19.2. The van der Waals surface area contributed by atoms with Gasteiger partial charge in [0.25, 0.3) is 0 Å². The van der Waals surface area contributed by atoms with Gasteiger partial charge in [-0.3, -0.25) is 9.59 Å². The topological polar surface area (TPSA) is 84.9 Å². The molecular weight excluding hydrogens is 346 g/mol. The van der Waals surface area contributed by atoms with Gasteiger partial charge in [0.2, 0.25) is 5.91 Å². The van der Waals surface area contributed by atoms with Gasteiger partial charge in [0.1, 0.15) is 5.75 Å². The van der Waals surface area contributed by atoms with Crippen molar-refractivity contribution < 1.29 is 24.2 Å². The van der Waals surface area contributed by atoms with Crippen LogP contribution < -0.4 is 10.1 Å². The van der Waals surface area contributed by atoms with Gasteiger partial charge in [0.05, 0.1) is 18.4 Å². The number of rotatable bonds is 6. The molecule has 1 atom stereocenters. The van der Waals surface area contributed by atoms with E-state index in [4.69, 9.17) is 9.47 Å². The number of ether oxygens (including phenoxy) is 2. The van der Waals surface area contributed by atoms with Crippen LogP contribution in [-0.2, 0) is 14.3 Å². The van der Waals surface area contributed by atoms with Crippen LogP contribution >= 0.6 is 0 Å². The predicted molar refractivity (Wildman–Crippen MR) is 102 cm³/mol. The maximum Gasteiger partial charge on any atom is 0.311 e. The Morgan fingerprint density at radius 1 is 1.19 bits per heavy atom. The highest BCUT2D eigenvalue weighted by molar-refractivity contribution is 5.88. The second-order valence-electron chi connectivity index (χ2n) is 7.11. The molecule has 1 fully saturated rings. The number of fused-ring (bicyclic) bond motifs is 1. The van der Waals surface area contributed by atoms with Crippen molar-refractivity contribution >= 4 is 22.6 Å². The molecule has 1 heterocycles.